The van der Waals surface area contributed by atoms with E-state index in [1.54, 1.807) is 12.1 Å². The van der Waals surface area contributed by atoms with Crippen molar-refractivity contribution in [2.75, 3.05) is 13.1 Å². The lowest BCUT2D eigenvalue weighted by Gasteiger charge is -2.29. The summed E-state index contributed by atoms with van der Waals surface area (Å²) in [4.78, 5) is 22.7. The molecule has 2 aromatic carbocycles. The molecule has 34 heavy (non-hydrogen) atoms. The highest BCUT2D eigenvalue weighted by Gasteiger charge is 2.34. The van der Waals surface area contributed by atoms with Crippen LogP contribution in [0.15, 0.2) is 62.6 Å². The normalized spacial score (nSPS) is 17.7. The third kappa shape index (κ3) is 4.85. The Morgan fingerprint density at radius 3 is 2.41 bits per heavy atom. The predicted molar refractivity (Wildman–Crippen MR) is 116 cm³/mol. The fraction of sp³-hybridized carbons (Fsp3) is 0.304. The van der Waals surface area contributed by atoms with Crippen molar-refractivity contribution >= 4 is 27.0 Å². The first kappa shape index (κ1) is 24.0. The van der Waals surface area contributed by atoms with Gasteiger partial charge in [0.05, 0.1) is 16.4 Å². The Morgan fingerprint density at radius 2 is 1.76 bits per heavy atom. The summed E-state index contributed by atoms with van der Waals surface area (Å²) >= 11 is 0. The summed E-state index contributed by atoms with van der Waals surface area (Å²) < 4.78 is 72.0. The average molecular weight is 495 g/mol. The fourth-order valence-corrected chi connectivity index (χ4v) is 5.60. The Hall–Kier alpha value is -3.18. The molecule has 0 spiro atoms. The number of carboxylic acids is 1. The molecule has 0 bridgehead atoms. The Morgan fingerprint density at radius 1 is 1.09 bits per heavy atom. The zero-order valence-corrected chi connectivity index (χ0v) is 18.5. The van der Waals surface area contributed by atoms with Gasteiger partial charge in [0, 0.05) is 24.5 Å². The minimum absolute atomic E-state index is 0.0157. The van der Waals surface area contributed by atoms with Crippen LogP contribution in [0.25, 0.3) is 11.0 Å². The predicted octanol–water partition coefficient (Wildman–Crippen LogP) is 3.89. The molecule has 0 aliphatic carbocycles. The molecular weight excluding hydrogens is 475 g/mol. The summed E-state index contributed by atoms with van der Waals surface area (Å²) in [6.45, 7) is 0.150. The number of piperidine rings is 1. The monoisotopic (exact) mass is 495 g/mol. The zero-order valence-electron chi connectivity index (χ0n) is 17.7. The highest BCUT2D eigenvalue weighted by molar-refractivity contribution is 7.89. The minimum Gasteiger partial charge on any atom is -0.481 e. The van der Waals surface area contributed by atoms with E-state index < -0.39 is 39.3 Å². The van der Waals surface area contributed by atoms with E-state index in [-0.39, 0.29) is 35.4 Å². The number of halogens is 3. The number of alkyl halides is 3. The summed E-state index contributed by atoms with van der Waals surface area (Å²) in [7, 11) is -3.87. The molecule has 0 radical (unpaired) electrons. The number of hydrogen-bond donors (Lipinski definition) is 1. The van der Waals surface area contributed by atoms with E-state index in [9.17, 15) is 36.3 Å². The van der Waals surface area contributed by atoms with Crippen LogP contribution in [-0.4, -0.2) is 36.9 Å². The third-order valence-electron chi connectivity index (χ3n) is 5.82. The summed E-state index contributed by atoms with van der Waals surface area (Å²) in [5.74, 6) is -1.78. The molecule has 1 unspecified atom stereocenters. The van der Waals surface area contributed by atoms with Crippen LogP contribution in [0.5, 0.6) is 0 Å². The van der Waals surface area contributed by atoms with E-state index in [2.05, 4.69) is 0 Å². The lowest BCUT2D eigenvalue weighted by Crippen LogP contribution is -2.42. The summed E-state index contributed by atoms with van der Waals surface area (Å²) in [5.41, 5.74) is -1.17. The second-order valence-electron chi connectivity index (χ2n) is 8.17. The first-order valence-corrected chi connectivity index (χ1v) is 11.8. The average Bonchev–Trinajstić information content (AvgIpc) is 2.78. The molecule has 3 aromatic rings. The molecule has 7 nitrogen and oxygen atoms in total. The van der Waals surface area contributed by atoms with Crippen molar-refractivity contribution in [2.24, 2.45) is 5.92 Å². The quantitative estimate of drug-likeness (QED) is 0.539. The van der Waals surface area contributed by atoms with Crippen molar-refractivity contribution in [2.45, 2.75) is 30.3 Å². The molecule has 0 amide bonds. The Balaban J connectivity index is 1.58. The number of fused-ring (bicyclic) bond motifs is 1. The fourth-order valence-electron chi connectivity index (χ4n) is 4.08. The first-order valence-electron chi connectivity index (χ1n) is 10.4. The molecule has 180 valence electrons. The lowest BCUT2D eigenvalue weighted by atomic mass is 10.0. The van der Waals surface area contributed by atoms with Crippen LogP contribution in [0.3, 0.4) is 0 Å². The highest BCUT2D eigenvalue weighted by atomic mass is 32.2. The van der Waals surface area contributed by atoms with Gasteiger partial charge >= 0.3 is 17.8 Å². The van der Waals surface area contributed by atoms with E-state index in [1.165, 1.54) is 34.6 Å². The summed E-state index contributed by atoms with van der Waals surface area (Å²) in [6, 6.07) is 10.5. The van der Waals surface area contributed by atoms with Gasteiger partial charge in [0.15, 0.2) is 0 Å². The van der Waals surface area contributed by atoms with Gasteiger partial charge in [-0.3, -0.25) is 4.79 Å². The van der Waals surface area contributed by atoms with Gasteiger partial charge in [0.1, 0.15) is 5.58 Å². The number of benzene rings is 2. The molecule has 0 saturated carbocycles. The number of nitrogens with zero attached hydrogens (tertiary/aromatic N) is 1. The largest absolute Gasteiger partial charge is 0.481 e. The van der Waals surface area contributed by atoms with Crippen LogP contribution in [0.2, 0.25) is 0 Å². The van der Waals surface area contributed by atoms with Crippen molar-refractivity contribution in [3.63, 3.8) is 0 Å². The number of rotatable bonds is 5. The van der Waals surface area contributed by atoms with Gasteiger partial charge < -0.3 is 9.52 Å². The smallest absolute Gasteiger partial charge is 0.417 e. The summed E-state index contributed by atoms with van der Waals surface area (Å²) in [5, 5.41) is 8.97. The van der Waals surface area contributed by atoms with Gasteiger partial charge in [-0.2, -0.15) is 17.5 Å². The Bertz CT molecular complexity index is 1400. The summed E-state index contributed by atoms with van der Waals surface area (Å²) in [6.07, 6.45) is -3.63. The molecule has 4 rings (SSSR count). The molecule has 2 heterocycles. The standard InChI is InChI=1S/C23H20F3NO6S/c24-23(25,26)19-12-21(28)33-20-8-5-15(11-18(19)20)10-14-3-6-17(7-4-14)34(31,32)27-9-1-2-16(13-27)22(29)30/h3-8,11-12,16H,1-2,9-10,13H2,(H,29,30). The van der Waals surface area contributed by atoms with Crippen molar-refractivity contribution in [1.29, 1.82) is 0 Å². The molecule has 1 aliphatic heterocycles. The number of sulfonamides is 1. The molecule has 1 N–H and O–H groups in total. The Labute approximate surface area is 192 Å². The third-order valence-corrected chi connectivity index (χ3v) is 7.69. The topological polar surface area (TPSA) is 105 Å². The minimum atomic E-state index is -4.73. The maximum Gasteiger partial charge on any atom is 0.417 e. The number of aliphatic carboxylic acids is 1. The van der Waals surface area contributed by atoms with Crippen molar-refractivity contribution in [1.82, 2.24) is 4.31 Å². The van der Waals surface area contributed by atoms with Crippen LogP contribution < -0.4 is 5.63 Å². The van der Waals surface area contributed by atoms with Crippen LogP contribution in [-0.2, 0) is 27.4 Å². The molecule has 1 atom stereocenters. The SMILES string of the molecule is O=C(O)C1CCCN(S(=O)(=O)c2ccc(Cc3ccc4oc(=O)cc(C(F)(F)F)c4c3)cc2)C1. The van der Waals surface area contributed by atoms with Crippen molar-refractivity contribution < 1.29 is 35.9 Å². The van der Waals surface area contributed by atoms with Gasteiger partial charge in [-0.05, 0) is 54.7 Å². The second-order valence-corrected chi connectivity index (χ2v) is 10.1. The number of carboxylic acid groups (broad SMARTS) is 1. The molecule has 1 aliphatic rings. The molecule has 1 aromatic heterocycles. The number of carbonyl (C=O) groups is 1. The van der Waals surface area contributed by atoms with E-state index >= 15 is 0 Å². The van der Waals surface area contributed by atoms with E-state index in [4.69, 9.17) is 4.42 Å². The van der Waals surface area contributed by atoms with Crippen LogP contribution in [0.1, 0.15) is 29.5 Å². The highest BCUT2D eigenvalue weighted by Crippen LogP contribution is 2.34. The van der Waals surface area contributed by atoms with Gasteiger partial charge in [0.2, 0.25) is 10.0 Å². The lowest BCUT2D eigenvalue weighted by molar-refractivity contribution is -0.143. The van der Waals surface area contributed by atoms with Crippen molar-refractivity contribution in [3.8, 4) is 0 Å². The van der Waals surface area contributed by atoms with E-state index in [1.807, 2.05) is 0 Å². The van der Waals surface area contributed by atoms with Crippen LogP contribution in [0.4, 0.5) is 13.2 Å². The zero-order chi connectivity index (χ0) is 24.7. The van der Waals surface area contributed by atoms with Crippen LogP contribution in [0, 0.1) is 5.92 Å². The number of hydrogen-bond acceptors (Lipinski definition) is 5. The van der Waals surface area contributed by atoms with Gasteiger partial charge in [-0.1, -0.05) is 18.2 Å². The maximum absolute atomic E-state index is 13.4. The molecular formula is C23H20F3NO6S. The van der Waals surface area contributed by atoms with Gasteiger partial charge in [0.25, 0.3) is 0 Å². The molecule has 1 fully saturated rings. The van der Waals surface area contributed by atoms with Gasteiger partial charge in [-0.25, -0.2) is 13.2 Å². The van der Waals surface area contributed by atoms with Crippen LogP contribution >= 0.6 is 0 Å². The van der Waals surface area contributed by atoms with E-state index in [0.29, 0.717) is 30.0 Å². The molecule has 11 heteroatoms. The second kappa shape index (κ2) is 8.88. The maximum atomic E-state index is 13.4. The first-order chi connectivity index (χ1) is 15.9. The Kier molecular flexibility index (Phi) is 6.26. The van der Waals surface area contributed by atoms with E-state index in [0.717, 1.165) is 0 Å². The van der Waals surface area contributed by atoms with Gasteiger partial charge in [-0.15, -0.1) is 0 Å². The van der Waals surface area contributed by atoms with Crippen molar-refractivity contribution in [3.05, 3.63) is 75.6 Å². The molecule has 1 saturated heterocycles.